The van der Waals surface area contributed by atoms with Crippen LogP contribution >= 0.6 is 27.3 Å². The van der Waals surface area contributed by atoms with E-state index in [9.17, 15) is 0 Å². The summed E-state index contributed by atoms with van der Waals surface area (Å²) >= 11 is 5.32. The Morgan fingerprint density at radius 2 is 2.10 bits per heavy atom. The van der Waals surface area contributed by atoms with Crippen molar-refractivity contribution in [2.75, 3.05) is 13.2 Å². The van der Waals surface area contributed by atoms with Gasteiger partial charge in [-0.2, -0.15) is 0 Å². The lowest BCUT2D eigenvalue weighted by molar-refractivity contribution is 0.339. The summed E-state index contributed by atoms with van der Waals surface area (Å²) in [6.45, 7) is 5.89. The molecule has 0 aliphatic heterocycles. The molecule has 0 radical (unpaired) electrons. The van der Waals surface area contributed by atoms with Gasteiger partial charge in [0.15, 0.2) is 0 Å². The first-order valence-electron chi connectivity index (χ1n) is 6.96. The maximum atomic E-state index is 5.61. The molecule has 0 aliphatic rings. The van der Waals surface area contributed by atoms with E-state index in [0.29, 0.717) is 6.61 Å². The van der Waals surface area contributed by atoms with Crippen LogP contribution in [0, 0.1) is 0 Å². The quantitative estimate of drug-likeness (QED) is 0.756. The Kier molecular flexibility index (Phi) is 6.07. The number of nitrogens with one attached hydrogen (secondary N) is 1. The second-order valence-electron chi connectivity index (χ2n) is 4.53. The van der Waals surface area contributed by atoms with Crippen LogP contribution in [0.4, 0.5) is 0 Å². The molecule has 0 aliphatic carbocycles. The van der Waals surface area contributed by atoms with Crippen molar-refractivity contribution in [3.63, 3.8) is 0 Å². The molecule has 0 bridgehead atoms. The molecular formula is C16H20BrNOS. The molecule has 0 spiro atoms. The number of thiophene rings is 1. The lowest BCUT2D eigenvalue weighted by Gasteiger charge is -2.18. The minimum atomic E-state index is 0.228. The van der Waals surface area contributed by atoms with E-state index in [1.54, 1.807) is 11.3 Å². The largest absolute Gasteiger partial charge is 0.494 e. The van der Waals surface area contributed by atoms with Crippen molar-refractivity contribution in [3.05, 3.63) is 50.6 Å². The first kappa shape index (κ1) is 15.5. The normalized spacial score (nSPS) is 12.3. The van der Waals surface area contributed by atoms with Gasteiger partial charge in [0.2, 0.25) is 0 Å². The van der Waals surface area contributed by atoms with Crippen molar-refractivity contribution in [2.24, 2.45) is 0 Å². The van der Waals surface area contributed by atoms with Crippen molar-refractivity contribution in [2.45, 2.75) is 26.3 Å². The van der Waals surface area contributed by atoms with E-state index in [4.69, 9.17) is 4.74 Å². The molecule has 1 heterocycles. The standard InChI is InChI=1S/C16H20BrNOS/c1-3-10-18-16(14-8-9-15(17)20-14)12-6-5-7-13(11-12)19-4-2/h5-9,11,16,18H,3-4,10H2,1-2H3. The zero-order valence-corrected chi connectivity index (χ0v) is 14.3. The van der Waals surface area contributed by atoms with Crippen molar-refractivity contribution < 1.29 is 4.74 Å². The topological polar surface area (TPSA) is 21.3 Å². The molecule has 0 fully saturated rings. The third-order valence-corrected chi connectivity index (χ3v) is 4.67. The molecule has 108 valence electrons. The van der Waals surface area contributed by atoms with Gasteiger partial charge in [0.05, 0.1) is 16.4 Å². The molecule has 0 saturated carbocycles. The average Bonchev–Trinajstić information content (AvgIpc) is 2.87. The molecule has 1 N–H and O–H groups in total. The van der Waals surface area contributed by atoms with Gasteiger partial charge in [-0.3, -0.25) is 0 Å². The molecule has 2 aromatic rings. The summed E-state index contributed by atoms with van der Waals surface area (Å²) in [7, 11) is 0. The van der Waals surface area contributed by atoms with Crippen LogP contribution in [0.1, 0.15) is 36.8 Å². The van der Waals surface area contributed by atoms with E-state index in [1.165, 1.54) is 10.4 Å². The number of hydrogen-bond acceptors (Lipinski definition) is 3. The molecule has 2 rings (SSSR count). The van der Waals surface area contributed by atoms with Gasteiger partial charge in [0, 0.05) is 4.88 Å². The van der Waals surface area contributed by atoms with Crippen LogP contribution < -0.4 is 10.1 Å². The number of rotatable bonds is 7. The first-order valence-corrected chi connectivity index (χ1v) is 8.57. The third-order valence-electron chi connectivity index (χ3n) is 2.98. The average molecular weight is 354 g/mol. The molecular weight excluding hydrogens is 334 g/mol. The molecule has 0 saturated heterocycles. The van der Waals surface area contributed by atoms with Crippen LogP contribution in [-0.2, 0) is 0 Å². The van der Waals surface area contributed by atoms with Gasteiger partial charge in [0.25, 0.3) is 0 Å². The highest BCUT2D eigenvalue weighted by atomic mass is 79.9. The molecule has 1 aromatic heterocycles. The van der Waals surface area contributed by atoms with Crippen LogP contribution in [-0.4, -0.2) is 13.2 Å². The highest BCUT2D eigenvalue weighted by molar-refractivity contribution is 9.11. The fraction of sp³-hybridized carbons (Fsp3) is 0.375. The predicted octanol–water partition coefficient (Wildman–Crippen LogP) is 5.00. The fourth-order valence-electron chi connectivity index (χ4n) is 2.11. The van der Waals surface area contributed by atoms with Crippen molar-refractivity contribution in [1.82, 2.24) is 5.32 Å². The smallest absolute Gasteiger partial charge is 0.119 e. The highest BCUT2D eigenvalue weighted by Gasteiger charge is 2.15. The van der Waals surface area contributed by atoms with Gasteiger partial charge in [0.1, 0.15) is 5.75 Å². The molecule has 0 amide bonds. The Balaban J connectivity index is 2.28. The Bertz CT molecular complexity index is 541. The van der Waals surface area contributed by atoms with Crippen LogP contribution in [0.3, 0.4) is 0 Å². The molecule has 1 aromatic carbocycles. The van der Waals surface area contributed by atoms with E-state index < -0.39 is 0 Å². The molecule has 2 nitrogen and oxygen atoms in total. The summed E-state index contributed by atoms with van der Waals surface area (Å²) in [5, 5.41) is 3.62. The monoisotopic (exact) mass is 353 g/mol. The van der Waals surface area contributed by atoms with E-state index in [-0.39, 0.29) is 6.04 Å². The van der Waals surface area contributed by atoms with Gasteiger partial charge in [-0.05, 0) is 65.6 Å². The van der Waals surface area contributed by atoms with Crippen molar-refractivity contribution in [3.8, 4) is 5.75 Å². The van der Waals surface area contributed by atoms with Gasteiger partial charge in [-0.1, -0.05) is 19.1 Å². The Labute approximate surface area is 133 Å². The summed E-state index contributed by atoms with van der Waals surface area (Å²) in [5.41, 5.74) is 1.25. The Morgan fingerprint density at radius 1 is 1.25 bits per heavy atom. The second-order valence-corrected chi connectivity index (χ2v) is 7.03. The van der Waals surface area contributed by atoms with Gasteiger partial charge >= 0.3 is 0 Å². The van der Waals surface area contributed by atoms with Crippen LogP contribution in [0.2, 0.25) is 0 Å². The first-order chi connectivity index (χ1) is 9.74. The van der Waals surface area contributed by atoms with Crippen molar-refractivity contribution >= 4 is 27.3 Å². The van der Waals surface area contributed by atoms with Gasteiger partial charge in [-0.25, -0.2) is 0 Å². The number of ether oxygens (including phenoxy) is 1. The summed E-state index contributed by atoms with van der Waals surface area (Å²) in [5.74, 6) is 0.934. The number of halogens is 1. The highest BCUT2D eigenvalue weighted by Crippen LogP contribution is 2.32. The van der Waals surface area contributed by atoms with E-state index in [2.05, 4.69) is 58.5 Å². The van der Waals surface area contributed by atoms with Crippen LogP contribution in [0.25, 0.3) is 0 Å². The molecule has 1 unspecified atom stereocenters. The lowest BCUT2D eigenvalue weighted by atomic mass is 10.0. The minimum Gasteiger partial charge on any atom is -0.494 e. The van der Waals surface area contributed by atoms with Crippen LogP contribution in [0.15, 0.2) is 40.2 Å². The summed E-state index contributed by atoms with van der Waals surface area (Å²) < 4.78 is 6.77. The predicted molar refractivity (Wildman–Crippen MR) is 89.8 cm³/mol. The molecule has 20 heavy (non-hydrogen) atoms. The SMILES string of the molecule is CCCNC(c1cccc(OCC)c1)c1ccc(Br)s1. The number of benzene rings is 1. The fourth-order valence-corrected chi connectivity index (χ4v) is 3.63. The zero-order valence-electron chi connectivity index (χ0n) is 11.9. The van der Waals surface area contributed by atoms with Gasteiger partial charge < -0.3 is 10.1 Å². The van der Waals surface area contributed by atoms with E-state index in [0.717, 1.165) is 22.5 Å². The lowest BCUT2D eigenvalue weighted by Crippen LogP contribution is -2.22. The Hall–Kier alpha value is -0.840. The maximum Gasteiger partial charge on any atom is 0.119 e. The molecule has 1 atom stereocenters. The van der Waals surface area contributed by atoms with Crippen LogP contribution in [0.5, 0.6) is 5.75 Å². The Morgan fingerprint density at radius 3 is 2.75 bits per heavy atom. The maximum absolute atomic E-state index is 5.61. The molecule has 4 heteroatoms. The second kappa shape index (κ2) is 7.81. The van der Waals surface area contributed by atoms with Gasteiger partial charge in [-0.15, -0.1) is 11.3 Å². The third kappa shape index (κ3) is 4.08. The summed E-state index contributed by atoms with van der Waals surface area (Å²) in [6.07, 6.45) is 1.12. The minimum absolute atomic E-state index is 0.228. The van der Waals surface area contributed by atoms with E-state index in [1.807, 2.05) is 13.0 Å². The number of hydrogen-bond donors (Lipinski definition) is 1. The van der Waals surface area contributed by atoms with E-state index >= 15 is 0 Å². The zero-order chi connectivity index (χ0) is 14.4. The van der Waals surface area contributed by atoms with Crippen molar-refractivity contribution in [1.29, 1.82) is 0 Å². The summed E-state index contributed by atoms with van der Waals surface area (Å²) in [6, 6.07) is 12.9. The summed E-state index contributed by atoms with van der Waals surface area (Å²) in [4.78, 5) is 1.32.